The molecule has 7 nitrogen and oxygen atoms in total. The molecule has 0 N–H and O–H groups in total. The van der Waals surface area contributed by atoms with Crippen LogP contribution in [0, 0.1) is 5.92 Å². The predicted octanol–water partition coefficient (Wildman–Crippen LogP) is 3.41. The monoisotopic (exact) mass is 434 g/mol. The molecule has 1 amide bonds. The first-order valence-corrected chi connectivity index (χ1v) is 10.8. The Kier molecular flexibility index (Phi) is 6.25. The van der Waals surface area contributed by atoms with E-state index in [0.29, 0.717) is 60.3 Å². The Bertz CT molecular complexity index is 1190. The normalized spacial score (nSPS) is 14.4. The van der Waals surface area contributed by atoms with Crippen molar-refractivity contribution in [2.45, 2.75) is 19.8 Å². The van der Waals surface area contributed by atoms with E-state index in [1.807, 2.05) is 6.07 Å². The number of pyridine rings is 1. The molecule has 1 aliphatic heterocycles. The molecule has 1 aliphatic rings. The topological polar surface area (TPSA) is 77.8 Å². The zero-order valence-electron chi connectivity index (χ0n) is 18.2. The summed E-state index contributed by atoms with van der Waals surface area (Å²) < 4.78 is 11.8. The maximum absolute atomic E-state index is 13.5. The molecule has 2 aromatic carbocycles. The van der Waals surface area contributed by atoms with Crippen LogP contribution in [0.4, 0.5) is 0 Å². The van der Waals surface area contributed by atoms with Crippen molar-refractivity contribution < 1.29 is 19.1 Å². The van der Waals surface area contributed by atoms with Crippen molar-refractivity contribution in [2.75, 3.05) is 26.8 Å². The van der Waals surface area contributed by atoms with Crippen LogP contribution in [-0.2, 0) is 9.53 Å². The summed E-state index contributed by atoms with van der Waals surface area (Å²) in [4.78, 5) is 40.4. The number of hydrogen-bond acceptors (Lipinski definition) is 5. The molecule has 166 valence electrons. The summed E-state index contributed by atoms with van der Waals surface area (Å²) >= 11 is 0. The summed E-state index contributed by atoms with van der Waals surface area (Å²) in [5.74, 6) is 0.163. The number of aromatic nitrogens is 1. The fraction of sp³-hybridized carbons (Fsp3) is 0.320. The number of carbonyl (C=O) groups is 2. The van der Waals surface area contributed by atoms with Gasteiger partial charge in [0, 0.05) is 35.7 Å². The van der Waals surface area contributed by atoms with Crippen molar-refractivity contribution >= 4 is 22.6 Å². The highest BCUT2D eigenvalue weighted by Gasteiger charge is 2.29. The Balaban J connectivity index is 1.69. The highest BCUT2D eigenvalue weighted by atomic mass is 16.5. The van der Waals surface area contributed by atoms with Crippen molar-refractivity contribution in [3.8, 4) is 11.4 Å². The summed E-state index contributed by atoms with van der Waals surface area (Å²) in [6.45, 7) is 3.09. The molecule has 0 radical (unpaired) electrons. The van der Waals surface area contributed by atoms with Crippen molar-refractivity contribution in [2.24, 2.45) is 5.92 Å². The van der Waals surface area contributed by atoms with E-state index < -0.39 is 0 Å². The number of esters is 1. The van der Waals surface area contributed by atoms with Crippen LogP contribution in [0.5, 0.6) is 5.75 Å². The smallest absolute Gasteiger partial charge is 0.309 e. The summed E-state index contributed by atoms with van der Waals surface area (Å²) in [7, 11) is 1.58. The Morgan fingerprint density at radius 3 is 2.28 bits per heavy atom. The van der Waals surface area contributed by atoms with E-state index in [-0.39, 0.29) is 23.4 Å². The second-order valence-electron chi connectivity index (χ2n) is 7.78. The van der Waals surface area contributed by atoms with Gasteiger partial charge in [-0.15, -0.1) is 0 Å². The number of ether oxygens (including phenoxy) is 2. The number of fused-ring (bicyclic) bond motifs is 1. The lowest BCUT2D eigenvalue weighted by Gasteiger charge is -2.31. The fourth-order valence-electron chi connectivity index (χ4n) is 4.15. The molecule has 32 heavy (non-hydrogen) atoms. The molecule has 0 bridgehead atoms. The fourth-order valence-corrected chi connectivity index (χ4v) is 4.15. The molecule has 0 atom stereocenters. The average molecular weight is 434 g/mol. The van der Waals surface area contributed by atoms with Gasteiger partial charge in [0.05, 0.1) is 25.2 Å². The zero-order valence-corrected chi connectivity index (χ0v) is 18.2. The molecule has 0 unspecified atom stereocenters. The van der Waals surface area contributed by atoms with Gasteiger partial charge in [0.25, 0.3) is 11.5 Å². The zero-order chi connectivity index (χ0) is 22.7. The lowest BCUT2D eigenvalue weighted by atomic mass is 9.96. The minimum absolute atomic E-state index is 0.147. The standard InChI is InChI=1S/C25H26N2O5/c1-3-32-25(30)17-12-14-26(15-13-17)23(28)22-16-27(18-8-10-19(31-2)11-9-18)24(29)21-7-5-4-6-20(21)22/h4-11,16-17H,3,12-15H2,1-2H3. The third-order valence-corrected chi connectivity index (χ3v) is 5.91. The molecule has 2 heterocycles. The Morgan fingerprint density at radius 2 is 1.66 bits per heavy atom. The molecular formula is C25H26N2O5. The second kappa shape index (κ2) is 9.26. The van der Waals surface area contributed by atoms with Gasteiger partial charge in [-0.2, -0.15) is 0 Å². The third kappa shape index (κ3) is 4.10. The highest BCUT2D eigenvalue weighted by Crippen LogP contribution is 2.24. The first-order chi connectivity index (χ1) is 15.5. The van der Waals surface area contributed by atoms with Crippen molar-refractivity contribution in [1.29, 1.82) is 0 Å². The number of amides is 1. The van der Waals surface area contributed by atoms with Crippen molar-refractivity contribution in [1.82, 2.24) is 9.47 Å². The van der Waals surface area contributed by atoms with E-state index >= 15 is 0 Å². The molecule has 1 saturated heterocycles. The number of hydrogen-bond donors (Lipinski definition) is 0. The van der Waals surface area contributed by atoms with Crippen LogP contribution in [0.1, 0.15) is 30.1 Å². The van der Waals surface area contributed by atoms with E-state index in [0.717, 1.165) is 0 Å². The first-order valence-electron chi connectivity index (χ1n) is 10.8. The number of carbonyl (C=O) groups excluding carboxylic acids is 2. The average Bonchev–Trinajstić information content (AvgIpc) is 2.84. The largest absolute Gasteiger partial charge is 0.497 e. The quantitative estimate of drug-likeness (QED) is 0.575. The number of likely N-dealkylation sites (tertiary alicyclic amines) is 1. The number of rotatable bonds is 5. The minimum atomic E-state index is -0.196. The number of benzene rings is 2. The van der Waals surface area contributed by atoms with Gasteiger partial charge in [0.15, 0.2) is 0 Å². The summed E-state index contributed by atoms with van der Waals surface area (Å²) in [6, 6.07) is 14.3. The predicted molar refractivity (Wildman–Crippen MR) is 121 cm³/mol. The molecule has 0 spiro atoms. The lowest BCUT2D eigenvalue weighted by molar-refractivity contribution is -0.149. The van der Waals surface area contributed by atoms with Gasteiger partial charge >= 0.3 is 5.97 Å². The van der Waals surface area contributed by atoms with Gasteiger partial charge in [0.2, 0.25) is 0 Å². The van der Waals surface area contributed by atoms with Gasteiger partial charge in [-0.05, 0) is 50.1 Å². The van der Waals surface area contributed by atoms with E-state index in [1.165, 1.54) is 4.57 Å². The Morgan fingerprint density at radius 1 is 1.00 bits per heavy atom. The Hall–Kier alpha value is -3.61. The maximum atomic E-state index is 13.5. The van der Waals surface area contributed by atoms with Gasteiger partial charge in [-0.25, -0.2) is 0 Å². The van der Waals surface area contributed by atoms with Crippen molar-refractivity contribution in [3.63, 3.8) is 0 Å². The van der Waals surface area contributed by atoms with Crippen LogP contribution >= 0.6 is 0 Å². The van der Waals surface area contributed by atoms with E-state index in [4.69, 9.17) is 9.47 Å². The molecule has 4 rings (SSSR count). The van der Waals surface area contributed by atoms with Crippen LogP contribution < -0.4 is 10.3 Å². The van der Waals surface area contributed by atoms with E-state index in [9.17, 15) is 14.4 Å². The lowest BCUT2D eigenvalue weighted by Crippen LogP contribution is -2.41. The minimum Gasteiger partial charge on any atom is -0.497 e. The van der Waals surface area contributed by atoms with Crippen LogP contribution in [0.15, 0.2) is 59.5 Å². The number of nitrogens with zero attached hydrogens (tertiary/aromatic N) is 2. The molecule has 3 aromatic rings. The first kappa shape index (κ1) is 21.6. The molecule has 1 aromatic heterocycles. The van der Waals surface area contributed by atoms with Gasteiger partial charge < -0.3 is 14.4 Å². The summed E-state index contributed by atoms with van der Waals surface area (Å²) in [5.41, 5.74) is 0.922. The molecule has 7 heteroatoms. The van der Waals surface area contributed by atoms with Crippen LogP contribution in [-0.4, -0.2) is 48.1 Å². The summed E-state index contributed by atoms with van der Waals surface area (Å²) in [6.07, 6.45) is 2.76. The maximum Gasteiger partial charge on any atom is 0.309 e. The highest BCUT2D eigenvalue weighted by molar-refractivity contribution is 6.06. The summed E-state index contributed by atoms with van der Waals surface area (Å²) in [5, 5.41) is 1.11. The van der Waals surface area contributed by atoms with Gasteiger partial charge in [-0.3, -0.25) is 19.0 Å². The van der Waals surface area contributed by atoms with Crippen LogP contribution in [0.25, 0.3) is 16.5 Å². The third-order valence-electron chi connectivity index (χ3n) is 5.91. The van der Waals surface area contributed by atoms with Gasteiger partial charge in [0.1, 0.15) is 5.75 Å². The van der Waals surface area contributed by atoms with Crippen LogP contribution in [0.3, 0.4) is 0 Å². The molecular weight excluding hydrogens is 408 g/mol. The molecule has 0 saturated carbocycles. The van der Waals surface area contributed by atoms with Crippen molar-refractivity contribution in [3.05, 3.63) is 70.6 Å². The molecule has 1 fully saturated rings. The number of piperidine rings is 1. The second-order valence-corrected chi connectivity index (χ2v) is 7.78. The molecule has 0 aliphatic carbocycles. The number of methoxy groups -OCH3 is 1. The van der Waals surface area contributed by atoms with Crippen LogP contribution in [0.2, 0.25) is 0 Å². The van der Waals surface area contributed by atoms with E-state index in [1.54, 1.807) is 67.6 Å². The van der Waals surface area contributed by atoms with E-state index in [2.05, 4.69) is 0 Å². The SMILES string of the molecule is CCOC(=O)C1CCN(C(=O)c2cn(-c3ccc(OC)cc3)c(=O)c3ccccc23)CC1. The van der Waals surface area contributed by atoms with Gasteiger partial charge in [-0.1, -0.05) is 18.2 Å². The Labute approximate surface area is 186 Å².